The van der Waals surface area contributed by atoms with E-state index in [-0.39, 0.29) is 28.1 Å². The van der Waals surface area contributed by atoms with E-state index in [1.807, 2.05) is 17.5 Å². The average molecular weight is 487 g/mol. The van der Waals surface area contributed by atoms with E-state index in [1.165, 1.54) is 26.4 Å². The highest BCUT2D eigenvalue weighted by atomic mass is 32.2. The third-order valence-electron chi connectivity index (χ3n) is 6.47. The molecule has 2 aliphatic rings. The third-order valence-corrected chi connectivity index (χ3v) is 9.70. The Labute approximate surface area is 197 Å². The topological polar surface area (TPSA) is 86.7 Å². The number of ether oxygens (including phenoxy) is 2. The largest absolute Gasteiger partial charge is 0.468 e. The normalized spacial score (nSPS) is 19.0. The SMILES string of the molecule is COC(=O)C1(C(=O)OC)CC2=Cc3ccsc3C(C)(C)CC2=C(S(=O)(=O)c2ccccc2)C1. The lowest BCUT2D eigenvalue weighted by Crippen LogP contribution is -2.45. The molecule has 33 heavy (non-hydrogen) atoms. The Kier molecular flexibility index (Phi) is 5.87. The van der Waals surface area contributed by atoms with Crippen LogP contribution in [0.3, 0.4) is 0 Å². The fourth-order valence-corrected chi connectivity index (χ4v) is 7.63. The summed E-state index contributed by atoms with van der Waals surface area (Å²) in [6, 6.07) is 10.1. The Morgan fingerprint density at radius 3 is 2.18 bits per heavy atom. The maximum atomic E-state index is 13.9. The number of methoxy groups -OCH3 is 2. The zero-order valence-corrected chi connectivity index (χ0v) is 20.6. The Bertz CT molecular complexity index is 1260. The molecule has 1 heterocycles. The van der Waals surface area contributed by atoms with Crippen LogP contribution in [0.1, 0.15) is 43.6 Å². The van der Waals surface area contributed by atoms with Gasteiger partial charge in [-0.3, -0.25) is 9.59 Å². The molecule has 0 fully saturated rings. The summed E-state index contributed by atoms with van der Waals surface area (Å²) < 4.78 is 37.8. The van der Waals surface area contributed by atoms with Gasteiger partial charge >= 0.3 is 11.9 Å². The zero-order chi connectivity index (χ0) is 24.0. The first kappa shape index (κ1) is 23.4. The van der Waals surface area contributed by atoms with Crippen LogP contribution in [0.2, 0.25) is 0 Å². The van der Waals surface area contributed by atoms with Crippen molar-refractivity contribution >= 4 is 39.2 Å². The predicted octanol–water partition coefficient (Wildman–Crippen LogP) is 4.67. The van der Waals surface area contributed by atoms with Crippen LogP contribution in [-0.2, 0) is 34.3 Å². The molecule has 0 atom stereocenters. The molecule has 0 amide bonds. The minimum absolute atomic E-state index is 0.0147. The molecule has 0 aliphatic heterocycles. The first-order valence-corrected chi connectivity index (χ1v) is 12.9. The second-order valence-corrected chi connectivity index (χ2v) is 12.0. The van der Waals surface area contributed by atoms with Crippen molar-refractivity contribution in [1.29, 1.82) is 0 Å². The Morgan fingerprint density at radius 1 is 0.939 bits per heavy atom. The molecule has 1 aromatic carbocycles. The predicted molar refractivity (Wildman–Crippen MR) is 126 cm³/mol. The summed E-state index contributed by atoms with van der Waals surface area (Å²) in [5, 5.41) is 2.00. The highest BCUT2D eigenvalue weighted by Crippen LogP contribution is 2.53. The maximum absolute atomic E-state index is 13.9. The van der Waals surface area contributed by atoms with Gasteiger partial charge in [-0.05, 0) is 53.1 Å². The molecule has 0 bridgehead atoms. The summed E-state index contributed by atoms with van der Waals surface area (Å²) in [6.07, 6.45) is 2.09. The minimum Gasteiger partial charge on any atom is -0.468 e. The van der Waals surface area contributed by atoms with Crippen LogP contribution in [0.5, 0.6) is 0 Å². The standard InChI is InChI=1S/C25H26O6S2/c1-24(2)14-19-17(12-16-10-11-32-21(16)24)13-25(22(26)30-3,23(27)31-4)15-20(19)33(28,29)18-8-6-5-7-9-18/h5-12H,13-15H2,1-4H3. The first-order chi connectivity index (χ1) is 15.6. The maximum Gasteiger partial charge on any atom is 0.323 e. The molecule has 0 spiro atoms. The number of benzene rings is 1. The van der Waals surface area contributed by atoms with Crippen LogP contribution in [0, 0.1) is 5.41 Å². The van der Waals surface area contributed by atoms with Crippen LogP contribution in [0.15, 0.2) is 62.7 Å². The minimum atomic E-state index is -4.00. The molecule has 0 saturated heterocycles. The van der Waals surface area contributed by atoms with Gasteiger partial charge in [0.05, 0.1) is 24.0 Å². The van der Waals surface area contributed by atoms with E-state index in [1.54, 1.807) is 29.5 Å². The molecule has 174 valence electrons. The van der Waals surface area contributed by atoms with Crippen LogP contribution in [0.4, 0.5) is 0 Å². The van der Waals surface area contributed by atoms with Crippen LogP contribution >= 0.6 is 11.3 Å². The molecule has 6 nitrogen and oxygen atoms in total. The Morgan fingerprint density at radius 2 is 1.58 bits per heavy atom. The molecule has 8 heteroatoms. The number of sulfone groups is 1. The summed E-state index contributed by atoms with van der Waals surface area (Å²) in [7, 11) is -1.61. The first-order valence-electron chi connectivity index (χ1n) is 10.5. The van der Waals surface area contributed by atoms with E-state index in [4.69, 9.17) is 9.47 Å². The summed E-state index contributed by atoms with van der Waals surface area (Å²) in [4.78, 5) is 27.4. The Hall–Kier alpha value is -2.71. The summed E-state index contributed by atoms with van der Waals surface area (Å²) >= 11 is 1.62. The number of hydrogen-bond acceptors (Lipinski definition) is 7. The molecule has 2 aromatic rings. The van der Waals surface area contributed by atoms with E-state index in [0.717, 1.165) is 10.4 Å². The second-order valence-electron chi connectivity index (χ2n) is 9.07. The van der Waals surface area contributed by atoms with Crippen molar-refractivity contribution in [2.24, 2.45) is 5.41 Å². The number of hydrogen-bond donors (Lipinski definition) is 0. The van der Waals surface area contributed by atoms with E-state index in [9.17, 15) is 18.0 Å². The zero-order valence-electron chi connectivity index (χ0n) is 19.0. The third kappa shape index (κ3) is 3.75. The fourth-order valence-electron chi connectivity index (χ4n) is 4.86. The molecule has 4 rings (SSSR count). The van der Waals surface area contributed by atoms with E-state index in [0.29, 0.717) is 17.6 Å². The lowest BCUT2D eigenvalue weighted by atomic mass is 9.70. The van der Waals surface area contributed by atoms with Gasteiger partial charge in [0.2, 0.25) is 9.84 Å². The van der Waals surface area contributed by atoms with Crippen LogP contribution < -0.4 is 0 Å². The van der Waals surface area contributed by atoms with Crippen molar-refractivity contribution in [1.82, 2.24) is 0 Å². The Balaban J connectivity index is 2.04. The molecular weight excluding hydrogens is 460 g/mol. The molecule has 0 N–H and O–H groups in total. The van der Waals surface area contributed by atoms with Crippen molar-refractivity contribution in [2.45, 2.75) is 43.4 Å². The quantitative estimate of drug-likeness (QED) is 0.461. The van der Waals surface area contributed by atoms with Gasteiger partial charge in [0.1, 0.15) is 0 Å². The smallest absolute Gasteiger partial charge is 0.323 e. The molecule has 1 aromatic heterocycles. The number of esters is 2. The number of carbonyl (C=O) groups excluding carboxylic acids is 2. The van der Waals surface area contributed by atoms with Crippen molar-refractivity contribution in [3.8, 4) is 0 Å². The second kappa shape index (κ2) is 8.25. The van der Waals surface area contributed by atoms with Gasteiger partial charge < -0.3 is 9.47 Å². The van der Waals surface area contributed by atoms with Gasteiger partial charge in [-0.1, -0.05) is 38.1 Å². The number of rotatable bonds is 4. The van der Waals surface area contributed by atoms with Gasteiger partial charge in [-0.15, -0.1) is 11.3 Å². The number of fused-ring (bicyclic) bond motifs is 2. The van der Waals surface area contributed by atoms with Gasteiger partial charge in [-0.25, -0.2) is 8.42 Å². The van der Waals surface area contributed by atoms with Crippen LogP contribution in [0.25, 0.3) is 6.08 Å². The van der Waals surface area contributed by atoms with Crippen molar-refractivity contribution in [3.63, 3.8) is 0 Å². The van der Waals surface area contributed by atoms with Crippen LogP contribution in [-0.4, -0.2) is 34.6 Å². The van der Waals surface area contributed by atoms with E-state index >= 15 is 0 Å². The average Bonchev–Trinajstić information content (AvgIpc) is 3.24. The number of carbonyl (C=O) groups is 2. The summed E-state index contributed by atoms with van der Waals surface area (Å²) in [6.45, 7) is 4.17. The molecule has 2 aliphatic carbocycles. The van der Waals surface area contributed by atoms with E-state index < -0.39 is 27.2 Å². The summed E-state index contributed by atoms with van der Waals surface area (Å²) in [5.41, 5.74) is 0.177. The van der Waals surface area contributed by atoms with Gasteiger partial charge in [0.25, 0.3) is 0 Å². The molecule has 0 unspecified atom stereocenters. The van der Waals surface area contributed by atoms with Crippen molar-refractivity contribution in [2.75, 3.05) is 14.2 Å². The van der Waals surface area contributed by atoms with Gasteiger partial charge in [-0.2, -0.15) is 0 Å². The number of allylic oxidation sites excluding steroid dienone is 3. The highest BCUT2D eigenvalue weighted by Gasteiger charge is 2.55. The summed E-state index contributed by atoms with van der Waals surface area (Å²) in [5.74, 6) is -1.60. The van der Waals surface area contributed by atoms with E-state index in [2.05, 4.69) is 13.8 Å². The highest BCUT2D eigenvalue weighted by molar-refractivity contribution is 7.95. The fraction of sp³-hybridized carbons (Fsp3) is 0.360. The van der Waals surface area contributed by atoms with Gasteiger partial charge in [0, 0.05) is 16.7 Å². The van der Waals surface area contributed by atoms with Crippen molar-refractivity contribution < 1.29 is 27.5 Å². The lowest BCUT2D eigenvalue weighted by Gasteiger charge is -2.37. The number of thiophene rings is 1. The van der Waals surface area contributed by atoms with Gasteiger partial charge in [0.15, 0.2) is 5.41 Å². The molecule has 0 radical (unpaired) electrons. The van der Waals surface area contributed by atoms with Crippen molar-refractivity contribution in [3.05, 3.63) is 68.3 Å². The molecule has 0 saturated carbocycles. The monoisotopic (exact) mass is 486 g/mol. The molecular formula is C25H26O6S2. The lowest BCUT2D eigenvalue weighted by molar-refractivity contribution is -0.169.